The van der Waals surface area contributed by atoms with Crippen LogP contribution < -0.4 is 10.8 Å². The van der Waals surface area contributed by atoms with E-state index in [0.717, 1.165) is 29.2 Å². The SMILES string of the molecule is Cc1cc(/C=C/C(=O)NO)cnc1Nc1ccn(Cc2ccccc2)c1. The summed E-state index contributed by atoms with van der Waals surface area (Å²) in [6, 6.07) is 14.2. The summed E-state index contributed by atoms with van der Waals surface area (Å²) in [7, 11) is 0. The summed E-state index contributed by atoms with van der Waals surface area (Å²) in [5, 5.41) is 11.8. The van der Waals surface area contributed by atoms with Crippen LogP contribution in [0.5, 0.6) is 0 Å². The number of rotatable bonds is 6. The smallest absolute Gasteiger partial charge is 0.267 e. The van der Waals surface area contributed by atoms with Gasteiger partial charge in [-0.05, 0) is 41.8 Å². The van der Waals surface area contributed by atoms with Crippen LogP contribution >= 0.6 is 0 Å². The number of hydrogen-bond donors (Lipinski definition) is 3. The van der Waals surface area contributed by atoms with E-state index in [1.54, 1.807) is 17.8 Å². The van der Waals surface area contributed by atoms with E-state index in [0.29, 0.717) is 0 Å². The number of carbonyl (C=O) groups excluding carboxylic acids is 1. The number of hydrogen-bond acceptors (Lipinski definition) is 4. The van der Waals surface area contributed by atoms with E-state index in [2.05, 4.69) is 27.0 Å². The maximum absolute atomic E-state index is 11.0. The molecule has 0 spiro atoms. The van der Waals surface area contributed by atoms with Crippen LogP contribution in [0.2, 0.25) is 0 Å². The van der Waals surface area contributed by atoms with Gasteiger partial charge in [0.1, 0.15) is 5.82 Å². The fourth-order valence-electron chi connectivity index (χ4n) is 2.57. The number of amides is 1. The second-order valence-electron chi connectivity index (χ2n) is 5.93. The Hall–Kier alpha value is -3.38. The molecule has 0 radical (unpaired) electrons. The molecule has 2 heterocycles. The van der Waals surface area contributed by atoms with Gasteiger partial charge in [0.25, 0.3) is 5.91 Å². The van der Waals surface area contributed by atoms with Crippen LogP contribution in [0.3, 0.4) is 0 Å². The van der Waals surface area contributed by atoms with Crippen molar-refractivity contribution in [2.24, 2.45) is 0 Å². The van der Waals surface area contributed by atoms with Gasteiger partial charge in [-0.1, -0.05) is 30.3 Å². The van der Waals surface area contributed by atoms with Gasteiger partial charge in [0, 0.05) is 31.2 Å². The third-order valence-corrected chi connectivity index (χ3v) is 3.86. The van der Waals surface area contributed by atoms with Gasteiger partial charge in [-0.2, -0.15) is 0 Å². The fourth-order valence-corrected chi connectivity index (χ4v) is 2.57. The van der Waals surface area contributed by atoms with Crippen molar-refractivity contribution in [1.29, 1.82) is 0 Å². The third kappa shape index (κ3) is 4.58. The minimum absolute atomic E-state index is 0.579. The van der Waals surface area contributed by atoms with E-state index in [9.17, 15) is 4.79 Å². The van der Waals surface area contributed by atoms with E-state index in [4.69, 9.17) is 5.21 Å². The van der Waals surface area contributed by atoms with Crippen LogP contribution in [0.25, 0.3) is 6.08 Å². The molecular weight excluding hydrogens is 328 g/mol. The maximum atomic E-state index is 11.0. The van der Waals surface area contributed by atoms with Crippen molar-refractivity contribution < 1.29 is 10.0 Å². The largest absolute Gasteiger partial charge is 0.348 e. The second-order valence-corrected chi connectivity index (χ2v) is 5.93. The highest BCUT2D eigenvalue weighted by atomic mass is 16.5. The van der Waals surface area contributed by atoms with Crippen LogP contribution in [0.15, 0.2) is 67.1 Å². The predicted molar refractivity (Wildman–Crippen MR) is 101 cm³/mol. The Morgan fingerprint density at radius 2 is 2.08 bits per heavy atom. The first-order valence-electron chi connectivity index (χ1n) is 8.19. The number of nitrogens with zero attached hydrogens (tertiary/aromatic N) is 2. The first kappa shape index (κ1) is 17.4. The Morgan fingerprint density at radius 3 is 2.81 bits per heavy atom. The average Bonchev–Trinajstić information content (AvgIpc) is 3.09. The van der Waals surface area contributed by atoms with Gasteiger partial charge in [-0.25, -0.2) is 10.5 Å². The average molecular weight is 348 g/mol. The molecule has 1 aromatic carbocycles. The molecule has 132 valence electrons. The number of carbonyl (C=O) groups is 1. The Labute approximate surface area is 151 Å². The quantitative estimate of drug-likeness (QED) is 0.362. The molecule has 2 aromatic heterocycles. The molecule has 0 saturated carbocycles. The summed E-state index contributed by atoms with van der Waals surface area (Å²) in [4.78, 5) is 15.4. The van der Waals surface area contributed by atoms with E-state index in [-0.39, 0.29) is 0 Å². The van der Waals surface area contributed by atoms with E-state index in [1.807, 2.05) is 49.6 Å². The van der Waals surface area contributed by atoms with Crippen LogP contribution in [0.4, 0.5) is 11.5 Å². The van der Waals surface area contributed by atoms with E-state index >= 15 is 0 Å². The Bertz CT molecular complexity index is 917. The Kier molecular flexibility index (Phi) is 5.46. The molecule has 1 amide bonds. The zero-order chi connectivity index (χ0) is 18.4. The molecule has 26 heavy (non-hydrogen) atoms. The van der Waals surface area contributed by atoms with Gasteiger partial charge >= 0.3 is 0 Å². The highest BCUT2D eigenvalue weighted by molar-refractivity contribution is 5.90. The molecule has 6 nitrogen and oxygen atoms in total. The van der Waals surface area contributed by atoms with Gasteiger partial charge < -0.3 is 9.88 Å². The molecule has 3 aromatic rings. The zero-order valence-electron chi connectivity index (χ0n) is 14.4. The van der Waals surface area contributed by atoms with Crippen molar-refractivity contribution in [2.75, 3.05) is 5.32 Å². The normalized spacial score (nSPS) is 10.8. The molecular formula is C20H20N4O2. The van der Waals surface area contributed by atoms with Crippen molar-refractivity contribution in [1.82, 2.24) is 15.0 Å². The Balaban J connectivity index is 1.67. The number of nitrogens with one attached hydrogen (secondary N) is 2. The molecule has 0 aliphatic carbocycles. The molecule has 0 unspecified atom stereocenters. The molecule has 0 bridgehead atoms. The van der Waals surface area contributed by atoms with Crippen LogP contribution in [0, 0.1) is 6.92 Å². The van der Waals surface area contributed by atoms with Crippen LogP contribution in [0.1, 0.15) is 16.7 Å². The molecule has 3 rings (SSSR count). The predicted octanol–water partition coefficient (Wildman–Crippen LogP) is 3.50. The highest BCUT2D eigenvalue weighted by Crippen LogP contribution is 2.20. The van der Waals surface area contributed by atoms with Crippen molar-refractivity contribution >= 4 is 23.5 Å². The molecule has 0 aliphatic heterocycles. The third-order valence-electron chi connectivity index (χ3n) is 3.86. The lowest BCUT2D eigenvalue weighted by Crippen LogP contribution is -2.14. The number of hydroxylamine groups is 1. The minimum atomic E-state index is -0.579. The van der Waals surface area contributed by atoms with Gasteiger partial charge in [-0.15, -0.1) is 0 Å². The molecule has 0 saturated heterocycles. The zero-order valence-corrected chi connectivity index (χ0v) is 14.4. The molecule has 3 N–H and O–H groups in total. The van der Waals surface area contributed by atoms with Crippen molar-refractivity contribution in [3.8, 4) is 0 Å². The molecule has 0 atom stereocenters. The topological polar surface area (TPSA) is 79.2 Å². The highest BCUT2D eigenvalue weighted by Gasteiger charge is 2.04. The minimum Gasteiger partial charge on any atom is -0.348 e. The summed E-state index contributed by atoms with van der Waals surface area (Å²) < 4.78 is 2.11. The van der Waals surface area contributed by atoms with Crippen molar-refractivity contribution in [3.63, 3.8) is 0 Å². The molecule has 6 heteroatoms. The lowest BCUT2D eigenvalue weighted by Gasteiger charge is -2.08. The standard InChI is InChI=1S/C20H20N4O2/c1-15-11-17(7-8-19(25)23-26)12-21-20(15)22-18-9-10-24(14-18)13-16-5-3-2-4-6-16/h2-12,14,26H,13H2,1H3,(H,21,22)(H,23,25)/b8-7+. The fraction of sp³-hybridized carbons (Fsp3) is 0.100. The number of pyridine rings is 1. The second kappa shape index (κ2) is 8.13. The first-order chi connectivity index (χ1) is 12.6. The van der Waals surface area contributed by atoms with Crippen molar-refractivity contribution in [3.05, 3.63) is 83.8 Å². The van der Waals surface area contributed by atoms with E-state index < -0.39 is 5.91 Å². The monoisotopic (exact) mass is 348 g/mol. The van der Waals surface area contributed by atoms with Crippen LogP contribution in [-0.4, -0.2) is 20.7 Å². The van der Waals surface area contributed by atoms with Crippen LogP contribution in [-0.2, 0) is 11.3 Å². The van der Waals surface area contributed by atoms with Crippen molar-refractivity contribution in [2.45, 2.75) is 13.5 Å². The summed E-state index contributed by atoms with van der Waals surface area (Å²) in [5.74, 6) is 0.177. The summed E-state index contributed by atoms with van der Waals surface area (Å²) >= 11 is 0. The van der Waals surface area contributed by atoms with Gasteiger partial charge in [0.2, 0.25) is 0 Å². The van der Waals surface area contributed by atoms with Gasteiger partial charge in [0.15, 0.2) is 0 Å². The first-order valence-corrected chi connectivity index (χ1v) is 8.19. The van der Waals surface area contributed by atoms with Gasteiger partial charge in [-0.3, -0.25) is 10.0 Å². The summed E-state index contributed by atoms with van der Waals surface area (Å²) in [6.45, 7) is 2.76. The summed E-state index contributed by atoms with van der Waals surface area (Å²) in [5.41, 5.74) is 5.48. The maximum Gasteiger partial charge on any atom is 0.267 e. The summed E-state index contributed by atoms with van der Waals surface area (Å²) in [6.07, 6.45) is 8.55. The number of aryl methyl sites for hydroxylation is 1. The molecule has 0 fully saturated rings. The number of aromatic nitrogens is 2. The lowest BCUT2D eigenvalue weighted by atomic mass is 10.2. The number of anilines is 2. The number of benzene rings is 1. The van der Waals surface area contributed by atoms with E-state index in [1.165, 1.54) is 11.6 Å². The van der Waals surface area contributed by atoms with Gasteiger partial charge in [0.05, 0.1) is 5.69 Å². The lowest BCUT2D eigenvalue weighted by molar-refractivity contribution is -0.124. The molecule has 0 aliphatic rings. The Morgan fingerprint density at radius 1 is 1.27 bits per heavy atom.